The Labute approximate surface area is 173 Å². The number of benzene rings is 3. The first-order valence-electron chi connectivity index (χ1n) is 9.22. The molecule has 0 aromatic heterocycles. The quantitative estimate of drug-likeness (QED) is 0.483. The van der Waals surface area contributed by atoms with E-state index in [1.54, 1.807) is 24.3 Å². The second kappa shape index (κ2) is 8.98. The predicted molar refractivity (Wildman–Crippen MR) is 117 cm³/mol. The summed E-state index contributed by atoms with van der Waals surface area (Å²) in [6.07, 6.45) is 0.257. The van der Waals surface area contributed by atoms with Crippen molar-refractivity contribution in [1.29, 1.82) is 0 Å². The summed E-state index contributed by atoms with van der Waals surface area (Å²) in [5.41, 5.74) is 3.74. The smallest absolute Gasteiger partial charge is 0.228 e. The highest BCUT2D eigenvalue weighted by Crippen LogP contribution is 2.24. The van der Waals surface area contributed by atoms with E-state index in [4.69, 9.17) is 0 Å². The van der Waals surface area contributed by atoms with Gasteiger partial charge in [0.05, 0.1) is 12.1 Å². The highest BCUT2D eigenvalue weighted by molar-refractivity contribution is 9.10. The van der Waals surface area contributed by atoms with Crippen molar-refractivity contribution in [3.8, 4) is 0 Å². The van der Waals surface area contributed by atoms with Gasteiger partial charge in [-0.05, 0) is 35.2 Å². The molecule has 0 aliphatic heterocycles. The summed E-state index contributed by atoms with van der Waals surface area (Å²) in [5, 5.41) is 2.89. The maximum atomic E-state index is 12.9. The maximum absolute atomic E-state index is 12.9. The van der Waals surface area contributed by atoms with E-state index in [1.165, 1.54) is 5.56 Å². The molecule has 0 fully saturated rings. The summed E-state index contributed by atoms with van der Waals surface area (Å²) in [5.74, 6) is 0.178. The first-order chi connectivity index (χ1) is 13.4. The summed E-state index contributed by atoms with van der Waals surface area (Å²) >= 11 is 3.41. The topological polar surface area (TPSA) is 46.2 Å². The molecule has 0 saturated heterocycles. The van der Waals surface area contributed by atoms with Crippen LogP contribution in [-0.2, 0) is 11.2 Å². The molecule has 3 aromatic carbocycles. The van der Waals surface area contributed by atoms with Crippen molar-refractivity contribution in [3.63, 3.8) is 0 Å². The lowest BCUT2D eigenvalue weighted by molar-refractivity contribution is -0.115. The molecule has 0 radical (unpaired) electrons. The highest BCUT2D eigenvalue weighted by Gasteiger charge is 2.16. The van der Waals surface area contributed by atoms with Crippen molar-refractivity contribution >= 4 is 33.3 Å². The molecule has 0 saturated carbocycles. The van der Waals surface area contributed by atoms with Crippen molar-refractivity contribution in [2.45, 2.75) is 26.2 Å². The first-order valence-corrected chi connectivity index (χ1v) is 10.0. The third-order valence-corrected chi connectivity index (χ3v) is 5.04. The third-order valence-electron chi connectivity index (χ3n) is 4.55. The summed E-state index contributed by atoms with van der Waals surface area (Å²) < 4.78 is 0.786. The molecule has 0 spiro atoms. The molecule has 0 unspecified atom stereocenters. The Morgan fingerprint density at radius 2 is 1.61 bits per heavy atom. The lowest BCUT2D eigenvalue weighted by Crippen LogP contribution is -2.17. The van der Waals surface area contributed by atoms with Gasteiger partial charge in [0.15, 0.2) is 5.78 Å². The maximum Gasteiger partial charge on any atom is 0.228 e. The average Bonchev–Trinajstić information content (AvgIpc) is 2.70. The largest absolute Gasteiger partial charge is 0.325 e. The van der Waals surface area contributed by atoms with Gasteiger partial charge in [-0.1, -0.05) is 84.4 Å². The molecule has 3 aromatic rings. The van der Waals surface area contributed by atoms with Gasteiger partial charge in [0.2, 0.25) is 5.91 Å². The van der Waals surface area contributed by atoms with Crippen LogP contribution >= 0.6 is 15.9 Å². The van der Waals surface area contributed by atoms with Crippen molar-refractivity contribution < 1.29 is 9.59 Å². The SMILES string of the molecule is CC(C)c1ccc(CC(=O)Nc2ccc(Br)cc2C(=O)c2ccccc2)cc1. The number of hydrogen-bond acceptors (Lipinski definition) is 2. The highest BCUT2D eigenvalue weighted by atomic mass is 79.9. The fourth-order valence-electron chi connectivity index (χ4n) is 2.96. The molecular weight excluding hydrogens is 414 g/mol. The van der Waals surface area contributed by atoms with E-state index in [9.17, 15) is 9.59 Å². The Bertz CT molecular complexity index is 979. The number of ketones is 1. The van der Waals surface area contributed by atoms with E-state index in [1.807, 2.05) is 36.4 Å². The van der Waals surface area contributed by atoms with Crippen LogP contribution in [0.2, 0.25) is 0 Å². The van der Waals surface area contributed by atoms with Crippen LogP contribution in [-0.4, -0.2) is 11.7 Å². The minimum absolute atomic E-state index is 0.126. The Balaban J connectivity index is 1.78. The zero-order valence-corrected chi connectivity index (χ0v) is 17.5. The molecule has 0 aliphatic rings. The Morgan fingerprint density at radius 1 is 0.929 bits per heavy atom. The minimum Gasteiger partial charge on any atom is -0.325 e. The number of anilines is 1. The molecule has 0 bridgehead atoms. The zero-order valence-electron chi connectivity index (χ0n) is 15.9. The number of amides is 1. The normalized spacial score (nSPS) is 10.7. The first kappa shape index (κ1) is 20.0. The van der Waals surface area contributed by atoms with Gasteiger partial charge in [0.1, 0.15) is 0 Å². The molecular formula is C24H22BrNO2. The third kappa shape index (κ3) is 4.96. The van der Waals surface area contributed by atoms with E-state index in [2.05, 4.69) is 47.2 Å². The zero-order chi connectivity index (χ0) is 20.1. The average molecular weight is 436 g/mol. The summed E-state index contributed by atoms with van der Waals surface area (Å²) in [4.78, 5) is 25.5. The number of nitrogens with one attached hydrogen (secondary N) is 1. The Hall–Kier alpha value is -2.72. The molecule has 28 heavy (non-hydrogen) atoms. The van der Waals surface area contributed by atoms with Crippen LogP contribution < -0.4 is 5.32 Å². The molecule has 3 nitrogen and oxygen atoms in total. The number of carbonyl (C=O) groups is 2. The van der Waals surface area contributed by atoms with Crippen LogP contribution in [0.1, 0.15) is 46.8 Å². The van der Waals surface area contributed by atoms with Gasteiger partial charge >= 0.3 is 0 Å². The van der Waals surface area contributed by atoms with E-state index >= 15 is 0 Å². The molecule has 0 aliphatic carbocycles. The lowest BCUT2D eigenvalue weighted by atomic mass is 10.00. The van der Waals surface area contributed by atoms with Crippen molar-refractivity contribution in [2.24, 2.45) is 0 Å². The van der Waals surface area contributed by atoms with Crippen LogP contribution in [0.4, 0.5) is 5.69 Å². The fraction of sp³-hybridized carbons (Fsp3) is 0.167. The van der Waals surface area contributed by atoms with Crippen LogP contribution in [0.25, 0.3) is 0 Å². The molecule has 0 heterocycles. The molecule has 4 heteroatoms. The summed E-state index contributed by atoms with van der Waals surface area (Å²) in [6, 6.07) is 22.4. The standard InChI is InChI=1S/C24H22BrNO2/c1-16(2)18-10-8-17(9-11-18)14-23(27)26-22-13-12-20(25)15-21(22)24(28)19-6-4-3-5-7-19/h3-13,15-16H,14H2,1-2H3,(H,26,27). The summed E-state index contributed by atoms with van der Waals surface area (Å²) in [6.45, 7) is 4.28. The van der Waals surface area contributed by atoms with Gasteiger partial charge in [-0.15, -0.1) is 0 Å². The van der Waals surface area contributed by atoms with Gasteiger partial charge in [0, 0.05) is 15.6 Å². The van der Waals surface area contributed by atoms with Gasteiger partial charge in [-0.3, -0.25) is 9.59 Å². The molecule has 142 valence electrons. The van der Waals surface area contributed by atoms with E-state index in [0.29, 0.717) is 22.7 Å². The molecule has 0 atom stereocenters. The lowest BCUT2D eigenvalue weighted by Gasteiger charge is -2.12. The van der Waals surface area contributed by atoms with Crippen LogP contribution in [0.3, 0.4) is 0 Å². The van der Waals surface area contributed by atoms with Gasteiger partial charge in [-0.25, -0.2) is 0 Å². The van der Waals surface area contributed by atoms with E-state index in [0.717, 1.165) is 10.0 Å². The number of hydrogen-bond donors (Lipinski definition) is 1. The predicted octanol–water partition coefficient (Wildman–Crippen LogP) is 5.98. The Kier molecular flexibility index (Phi) is 6.42. The number of halogens is 1. The van der Waals surface area contributed by atoms with Gasteiger partial charge in [0.25, 0.3) is 0 Å². The minimum atomic E-state index is -0.151. The van der Waals surface area contributed by atoms with Crippen molar-refractivity contribution in [2.75, 3.05) is 5.32 Å². The summed E-state index contributed by atoms with van der Waals surface area (Å²) in [7, 11) is 0. The van der Waals surface area contributed by atoms with Crippen LogP contribution in [0.5, 0.6) is 0 Å². The van der Waals surface area contributed by atoms with Crippen molar-refractivity contribution in [3.05, 3.63) is 99.5 Å². The number of carbonyl (C=O) groups excluding carboxylic acids is 2. The van der Waals surface area contributed by atoms with Crippen molar-refractivity contribution in [1.82, 2.24) is 0 Å². The second-order valence-electron chi connectivity index (χ2n) is 7.01. The van der Waals surface area contributed by atoms with Gasteiger partial charge in [-0.2, -0.15) is 0 Å². The molecule has 3 rings (SSSR count). The van der Waals surface area contributed by atoms with Crippen LogP contribution in [0.15, 0.2) is 77.3 Å². The van der Waals surface area contributed by atoms with Crippen LogP contribution in [0, 0.1) is 0 Å². The molecule has 1 N–H and O–H groups in total. The Morgan fingerprint density at radius 3 is 2.25 bits per heavy atom. The van der Waals surface area contributed by atoms with Gasteiger partial charge < -0.3 is 5.32 Å². The fourth-order valence-corrected chi connectivity index (χ4v) is 3.32. The van der Waals surface area contributed by atoms with E-state index in [-0.39, 0.29) is 18.1 Å². The molecule has 1 amide bonds. The number of rotatable bonds is 6. The second-order valence-corrected chi connectivity index (χ2v) is 7.92. The monoisotopic (exact) mass is 435 g/mol. The van der Waals surface area contributed by atoms with E-state index < -0.39 is 0 Å².